The van der Waals surface area contributed by atoms with E-state index in [0.29, 0.717) is 22.9 Å². The summed E-state index contributed by atoms with van der Waals surface area (Å²) in [6, 6.07) is 26.7. The molecule has 0 unspecified atom stereocenters. The van der Waals surface area contributed by atoms with Crippen molar-refractivity contribution in [2.24, 2.45) is 0 Å². The van der Waals surface area contributed by atoms with Crippen LogP contribution in [0.15, 0.2) is 93.9 Å². The molecule has 200 valence electrons. The van der Waals surface area contributed by atoms with E-state index in [1.54, 1.807) is 0 Å². The molecule has 0 bridgehead atoms. The molecule has 0 saturated carbocycles. The lowest BCUT2D eigenvalue weighted by Crippen LogP contribution is -2.20. The van der Waals surface area contributed by atoms with E-state index < -0.39 is 0 Å². The maximum Gasteiger partial charge on any atom is 0.262 e. The van der Waals surface area contributed by atoms with Gasteiger partial charge in [-0.1, -0.05) is 56.1 Å². The Kier molecular flexibility index (Phi) is 9.79. The van der Waals surface area contributed by atoms with Crippen LogP contribution in [0.25, 0.3) is 0 Å². The summed E-state index contributed by atoms with van der Waals surface area (Å²) in [6.45, 7) is 3.73. The molecule has 0 atom stereocenters. The van der Waals surface area contributed by atoms with Crippen molar-refractivity contribution in [1.82, 2.24) is 0 Å². The number of carbonyl (C=O) groups excluding carboxylic acids is 2. The number of hydrogen-bond acceptors (Lipinski definition) is 4. The Morgan fingerprint density at radius 1 is 0.615 bits per heavy atom. The minimum atomic E-state index is -0.222. The Balaban J connectivity index is 1.22. The molecule has 2 amide bonds. The molecule has 0 aliphatic carbocycles. The Hall–Kier alpha value is -3.62. The fourth-order valence-corrected chi connectivity index (χ4v) is 4.83. The molecule has 0 heterocycles. The number of hydrogen-bond donors (Lipinski definition) is 2. The summed E-state index contributed by atoms with van der Waals surface area (Å²) in [7, 11) is 0. The maximum atomic E-state index is 12.3. The number of halogens is 2. The smallest absolute Gasteiger partial charge is 0.262 e. The van der Waals surface area contributed by atoms with E-state index in [-0.39, 0.29) is 25.0 Å². The highest BCUT2D eigenvalue weighted by molar-refractivity contribution is 9.10. The first kappa shape index (κ1) is 28.4. The first-order valence-corrected chi connectivity index (χ1v) is 13.9. The predicted octanol–water partition coefficient (Wildman–Crippen LogP) is 7.45. The predicted molar refractivity (Wildman–Crippen MR) is 162 cm³/mol. The monoisotopic (exact) mass is 650 g/mol. The van der Waals surface area contributed by atoms with Crippen LogP contribution in [-0.4, -0.2) is 25.0 Å². The van der Waals surface area contributed by atoms with E-state index >= 15 is 0 Å². The van der Waals surface area contributed by atoms with Crippen LogP contribution in [0.4, 0.5) is 11.4 Å². The van der Waals surface area contributed by atoms with Gasteiger partial charge in [0.25, 0.3) is 11.8 Å². The van der Waals surface area contributed by atoms with E-state index in [4.69, 9.17) is 9.47 Å². The molecule has 6 nitrogen and oxygen atoms in total. The molecule has 0 fully saturated rings. The van der Waals surface area contributed by atoms with Crippen LogP contribution in [0.1, 0.15) is 22.3 Å². The molecule has 0 aliphatic rings. The van der Waals surface area contributed by atoms with E-state index in [2.05, 4.69) is 42.5 Å². The quantitative estimate of drug-likeness (QED) is 0.187. The zero-order valence-corrected chi connectivity index (χ0v) is 24.8. The third kappa shape index (κ3) is 8.70. The highest BCUT2D eigenvalue weighted by atomic mass is 79.9. The summed E-state index contributed by atoms with van der Waals surface area (Å²) >= 11 is 6.84. The van der Waals surface area contributed by atoms with Crippen molar-refractivity contribution in [1.29, 1.82) is 0 Å². The van der Waals surface area contributed by atoms with Gasteiger partial charge in [-0.15, -0.1) is 0 Å². The summed E-state index contributed by atoms with van der Waals surface area (Å²) in [5.41, 5.74) is 5.53. The normalized spacial score (nSPS) is 10.6. The SMILES string of the molecule is Cc1cc(Br)ccc1OCC(=O)Nc1ccc(Cc2ccc(NC(=O)COc3ccc(Br)cc3C)cc2)cc1. The van der Waals surface area contributed by atoms with Crippen LogP contribution in [0.3, 0.4) is 0 Å². The number of nitrogens with one attached hydrogen (secondary N) is 2. The average molecular weight is 652 g/mol. The van der Waals surface area contributed by atoms with Gasteiger partial charge in [0.2, 0.25) is 0 Å². The van der Waals surface area contributed by atoms with Gasteiger partial charge in [-0.05, 0) is 103 Å². The van der Waals surface area contributed by atoms with E-state index in [0.717, 1.165) is 37.6 Å². The summed E-state index contributed by atoms with van der Waals surface area (Å²) in [5.74, 6) is 0.914. The second-order valence-corrected chi connectivity index (χ2v) is 10.9. The number of benzene rings is 4. The number of ether oxygens (including phenoxy) is 2. The van der Waals surface area contributed by atoms with Crippen LogP contribution in [0, 0.1) is 13.8 Å². The molecule has 4 rings (SSSR count). The van der Waals surface area contributed by atoms with Crippen molar-refractivity contribution in [2.75, 3.05) is 23.8 Å². The summed E-state index contributed by atoms with van der Waals surface area (Å²) in [4.78, 5) is 24.6. The largest absolute Gasteiger partial charge is 0.483 e. The van der Waals surface area contributed by atoms with Crippen molar-refractivity contribution >= 4 is 55.0 Å². The number of amides is 2. The zero-order valence-electron chi connectivity index (χ0n) is 21.6. The molecule has 8 heteroatoms. The van der Waals surface area contributed by atoms with E-state index in [1.165, 1.54) is 0 Å². The molecule has 0 aromatic heterocycles. The fourth-order valence-electron chi connectivity index (χ4n) is 3.88. The molecule has 0 aliphatic heterocycles. The van der Waals surface area contributed by atoms with Crippen LogP contribution in [0.5, 0.6) is 11.5 Å². The molecule has 0 radical (unpaired) electrons. The van der Waals surface area contributed by atoms with Gasteiger partial charge in [0.1, 0.15) is 11.5 Å². The summed E-state index contributed by atoms with van der Waals surface area (Å²) in [5, 5.41) is 5.72. The van der Waals surface area contributed by atoms with Gasteiger partial charge in [-0.25, -0.2) is 0 Å². The third-order valence-corrected chi connectivity index (χ3v) is 6.86. The van der Waals surface area contributed by atoms with Gasteiger partial charge in [-0.3, -0.25) is 9.59 Å². The van der Waals surface area contributed by atoms with Crippen molar-refractivity contribution in [2.45, 2.75) is 20.3 Å². The minimum absolute atomic E-state index is 0.0664. The van der Waals surface area contributed by atoms with Crippen LogP contribution >= 0.6 is 31.9 Å². The topological polar surface area (TPSA) is 76.7 Å². The molecular formula is C31H28Br2N2O4. The van der Waals surface area contributed by atoms with Crippen molar-refractivity contribution in [3.63, 3.8) is 0 Å². The van der Waals surface area contributed by atoms with Crippen molar-refractivity contribution in [3.8, 4) is 11.5 Å². The lowest BCUT2D eigenvalue weighted by atomic mass is 10.0. The average Bonchev–Trinajstić information content (AvgIpc) is 2.90. The first-order chi connectivity index (χ1) is 18.7. The second kappa shape index (κ2) is 13.4. The molecule has 4 aromatic carbocycles. The molecule has 4 aromatic rings. The maximum absolute atomic E-state index is 12.3. The second-order valence-electron chi connectivity index (χ2n) is 9.06. The van der Waals surface area contributed by atoms with Crippen molar-refractivity contribution in [3.05, 3.63) is 116 Å². The Morgan fingerprint density at radius 2 is 1.00 bits per heavy atom. The molecular weight excluding hydrogens is 624 g/mol. The lowest BCUT2D eigenvalue weighted by molar-refractivity contribution is -0.118. The van der Waals surface area contributed by atoms with Crippen LogP contribution in [-0.2, 0) is 16.0 Å². The van der Waals surface area contributed by atoms with Gasteiger partial charge in [0, 0.05) is 20.3 Å². The molecule has 0 spiro atoms. The van der Waals surface area contributed by atoms with E-state index in [1.807, 2.05) is 98.8 Å². The van der Waals surface area contributed by atoms with Gasteiger partial charge in [0.05, 0.1) is 0 Å². The summed E-state index contributed by atoms with van der Waals surface area (Å²) < 4.78 is 13.2. The highest BCUT2D eigenvalue weighted by Crippen LogP contribution is 2.23. The van der Waals surface area contributed by atoms with Gasteiger partial charge in [0.15, 0.2) is 13.2 Å². The molecule has 2 N–H and O–H groups in total. The highest BCUT2D eigenvalue weighted by Gasteiger charge is 2.08. The van der Waals surface area contributed by atoms with E-state index in [9.17, 15) is 9.59 Å². The Bertz CT molecular complexity index is 1340. The Morgan fingerprint density at radius 3 is 1.36 bits per heavy atom. The van der Waals surface area contributed by atoms with Gasteiger partial charge in [-0.2, -0.15) is 0 Å². The number of carbonyl (C=O) groups is 2. The number of aryl methyl sites for hydroxylation is 2. The zero-order chi connectivity index (χ0) is 27.8. The summed E-state index contributed by atoms with van der Waals surface area (Å²) in [6.07, 6.45) is 0.723. The first-order valence-electron chi connectivity index (χ1n) is 12.3. The fraction of sp³-hybridized carbons (Fsp3) is 0.161. The molecule has 39 heavy (non-hydrogen) atoms. The minimum Gasteiger partial charge on any atom is -0.483 e. The van der Waals surface area contributed by atoms with Gasteiger partial charge < -0.3 is 20.1 Å². The molecule has 0 saturated heterocycles. The third-order valence-electron chi connectivity index (χ3n) is 5.88. The number of anilines is 2. The van der Waals surface area contributed by atoms with Crippen LogP contribution in [0.2, 0.25) is 0 Å². The number of rotatable bonds is 10. The van der Waals surface area contributed by atoms with Crippen LogP contribution < -0.4 is 20.1 Å². The Labute approximate surface area is 245 Å². The lowest BCUT2D eigenvalue weighted by Gasteiger charge is -2.11. The van der Waals surface area contributed by atoms with Gasteiger partial charge >= 0.3 is 0 Å². The van der Waals surface area contributed by atoms with Crippen molar-refractivity contribution < 1.29 is 19.1 Å². The standard InChI is InChI=1S/C31H28Br2N2O4/c1-20-15-24(32)7-13-28(20)38-18-30(36)34-26-9-3-22(4-10-26)17-23-5-11-27(12-6-23)35-31(37)19-39-29-14-8-25(33)16-21(29)2/h3-16H,17-19H2,1-2H3,(H,34,36)(H,35,37).